The van der Waals surface area contributed by atoms with Gasteiger partial charge in [-0.2, -0.15) is 0 Å². The fraction of sp³-hybridized carbons (Fsp3) is 0.500. The van der Waals surface area contributed by atoms with Gasteiger partial charge in [0.2, 0.25) is 5.92 Å². The number of hydrogen-bond donors (Lipinski definition) is 0. The number of carbonyl (C=O) groups is 1. The minimum atomic E-state index is -2.47. The molecule has 0 atom stereocenters. The second-order valence-corrected chi connectivity index (χ2v) is 10.7. The summed E-state index contributed by atoms with van der Waals surface area (Å²) in [7, 11) is 1.72. The summed E-state index contributed by atoms with van der Waals surface area (Å²) in [6.45, 7) is 6.35. The van der Waals surface area contributed by atoms with Gasteiger partial charge in [0, 0.05) is 50.3 Å². The summed E-state index contributed by atoms with van der Waals surface area (Å²) < 4.78 is 42.7. The summed E-state index contributed by atoms with van der Waals surface area (Å²) in [6.07, 6.45) is 7.53. The van der Waals surface area contributed by atoms with Crippen LogP contribution in [-0.2, 0) is 0 Å². The molecule has 1 aliphatic carbocycles. The number of benzene rings is 1. The largest absolute Gasteiger partial charge is 0.339 e. The van der Waals surface area contributed by atoms with Crippen molar-refractivity contribution in [1.29, 1.82) is 0 Å². The molecule has 5 nitrogen and oxygen atoms in total. The lowest BCUT2D eigenvalue weighted by Gasteiger charge is -2.40. The molecule has 8 heteroatoms. The minimum Gasteiger partial charge on any atom is -0.339 e. The van der Waals surface area contributed by atoms with Crippen molar-refractivity contribution < 1.29 is 18.0 Å². The van der Waals surface area contributed by atoms with E-state index in [0.717, 1.165) is 43.4 Å². The third kappa shape index (κ3) is 4.75. The van der Waals surface area contributed by atoms with Gasteiger partial charge in [0.1, 0.15) is 5.82 Å². The molecule has 3 aromatic rings. The van der Waals surface area contributed by atoms with Crippen molar-refractivity contribution in [2.24, 2.45) is 5.92 Å². The molecule has 192 valence electrons. The Labute approximate surface area is 209 Å². The Bertz CT molecular complexity index is 1250. The predicted molar refractivity (Wildman–Crippen MR) is 134 cm³/mol. The smallest absolute Gasteiger partial charge is 0.256 e. The molecular formula is C28H33F3N4O. The summed E-state index contributed by atoms with van der Waals surface area (Å²) in [5, 5.41) is 1.07. The van der Waals surface area contributed by atoms with Crippen molar-refractivity contribution in [2.75, 3.05) is 26.7 Å². The Morgan fingerprint density at radius 2 is 1.92 bits per heavy atom. The van der Waals surface area contributed by atoms with Crippen LogP contribution in [0.25, 0.3) is 16.6 Å². The fourth-order valence-electron chi connectivity index (χ4n) is 5.64. The van der Waals surface area contributed by atoms with Gasteiger partial charge in [-0.25, -0.2) is 13.2 Å². The molecule has 1 amide bonds. The first-order valence-electron chi connectivity index (χ1n) is 12.7. The number of aromatic nitrogens is 2. The van der Waals surface area contributed by atoms with Crippen molar-refractivity contribution in [2.45, 2.75) is 57.4 Å². The molecule has 5 rings (SSSR count). The lowest BCUT2D eigenvalue weighted by Crippen LogP contribution is -2.44. The summed E-state index contributed by atoms with van der Waals surface area (Å²) in [4.78, 5) is 21.5. The zero-order valence-corrected chi connectivity index (χ0v) is 21.1. The molecule has 1 aromatic carbocycles. The highest BCUT2D eigenvalue weighted by Crippen LogP contribution is 2.43. The number of rotatable bonds is 6. The van der Waals surface area contributed by atoms with Crippen LogP contribution in [0.4, 0.5) is 13.2 Å². The Hall–Kier alpha value is -2.87. The Balaban J connectivity index is 1.43. The summed E-state index contributed by atoms with van der Waals surface area (Å²) in [5.74, 6) is -2.74. The average Bonchev–Trinajstić information content (AvgIpc) is 3.22. The highest BCUT2D eigenvalue weighted by Gasteiger charge is 2.45. The highest BCUT2D eigenvalue weighted by atomic mass is 19.3. The Kier molecular flexibility index (Phi) is 6.57. The van der Waals surface area contributed by atoms with Crippen molar-refractivity contribution >= 4 is 16.8 Å². The topological polar surface area (TPSA) is 41.4 Å². The van der Waals surface area contributed by atoms with E-state index in [1.807, 2.05) is 24.5 Å². The first kappa shape index (κ1) is 24.8. The van der Waals surface area contributed by atoms with Gasteiger partial charge in [-0.05, 0) is 81.4 Å². The van der Waals surface area contributed by atoms with Crippen LogP contribution in [0.2, 0.25) is 0 Å². The second kappa shape index (κ2) is 9.54. The molecular weight excluding hydrogens is 465 g/mol. The van der Waals surface area contributed by atoms with Crippen molar-refractivity contribution in [3.63, 3.8) is 0 Å². The van der Waals surface area contributed by atoms with E-state index in [1.165, 1.54) is 17.7 Å². The van der Waals surface area contributed by atoms with Gasteiger partial charge in [0.25, 0.3) is 5.91 Å². The van der Waals surface area contributed by atoms with Crippen LogP contribution in [0.15, 0.2) is 42.9 Å². The van der Waals surface area contributed by atoms with Gasteiger partial charge in [-0.1, -0.05) is 0 Å². The second-order valence-electron chi connectivity index (χ2n) is 10.7. The number of carbonyl (C=O) groups excluding carboxylic acids is 1. The number of likely N-dealkylation sites (tertiary alicyclic amines) is 1. The molecule has 1 saturated heterocycles. The fourth-order valence-corrected chi connectivity index (χ4v) is 5.64. The van der Waals surface area contributed by atoms with Gasteiger partial charge in [0.15, 0.2) is 0 Å². The van der Waals surface area contributed by atoms with Gasteiger partial charge in [-0.3, -0.25) is 9.78 Å². The van der Waals surface area contributed by atoms with Gasteiger partial charge in [-0.15, -0.1) is 0 Å². The SMILES string of the molecule is CC(C)N(C)C(=O)c1cc(F)ccc1-n1cc(C2CCN(CC3CC(F)(F)C3)CC2)c2ccncc21. The first-order chi connectivity index (χ1) is 17.1. The van der Waals surface area contributed by atoms with Gasteiger partial charge < -0.3 is 14.4 Å². The monoisotopic (exact) mass is 498 g/mol. The van der Waals surface area contributed by atoms with Crippen LogP contribution in [0.3, 0.4) is 0 Å². The number of amides is 1. The van der Waals surface area contributed by atoms with Crippen LogP contribution in [-0.4, -0.2) is 63.9 Å². The maximum atomic E-state index is 14.3. The predicted octanol–water partition coefficient (Wildman–Crippen LogP) is 5.87. The number of pyridine rings is 1. The van der Waals surface area contributed by atoms with E-state index in [1.54, 1.807) is 30.4 Å². The zero-order chi connectivity index (χ0) is 25.6. The summed E-state index contributed by atoms with van der Waals surface area (Å²) >= 11 is 0. The van der Waals surface area contributed by atoms with Crippen LogP contribution < -0.4 is 0 Å². The van der Waals surface area contributed by atoms with Crippen LogP contribution in [0.1, 0.15) is 61.4 Å². The molecule has 0 radical (unpaired) electrons. The zero-order valence-electron chi connectivity index (χ0n) is 21.1. The normalized spacial score (nSPS) is 19.1. The number of nitrogens with zero attached hydrogens (tertiary/aromatic N) is 4. The number of hydrogen-bond acceptors (Lipinski definition) is 3. The van der Waals surface area contributed by atoms with Gasteiger partial charge >= 0.3 is 0 Å². The number of fused-ring (bicyclic) bond motifs is 1. The van der Waals surface area contributed by atoms with Crippen molar-refractivity contribution in [3.8, 4) is 5.69 Å². The average molecular weight is 499 g/mol. The molecule has 0 N–H and O–H groups in total. The molecule has 0 spiro atoms. The molecule has 2 aliphatic rings. The lowest BCUT2D eigenvalue weighted by atomic mass is 9.80. The molecule has 36 heavy (non-hydrogen) atoms. The van der Waals surface area contributed by atoms with Crippen LogP contribution in [0.5, 0.6) is 0 Å². The standard InChI is InChI=1S/C28H33F3N4O/c1-18(2)33(3)27(36)23-12-21(29)4-5-25(23)35-17-24(22-6-9-32-15-26(22)35)20-7-10-34(11-8-20)16-19-13-28(30,31)14-19/h4-6,9,12,15,17-20H,7-8,10-11,13-14,16H2,1-3H3. The van der Waals surface area contributed by atoms with E-state index >= 15 is 0 Å². The minimum absolute atomic E-state index is 0.0120. The van der Waals surface area contributed by atoms with Crippen molar-refractivity contribution in [3.05, 3.63) is 59.8 Å². The van der Waals surface area contributed by atoms with E-state index in [9.17, 15) is 18.0 Å². The summed E-state index contributed by atoms with van der Waals surface area (Å²) in [5.41, 5.74) is 2.99. The van der Waals surface area contributed by atoms with E-state index in [0.29, 0.717) is 17.2 Å². The van der Waals surface area contributed by atoms with Crippen LogP contribution >= 0.6 is 0 Å². The Morgan fingerprint density at radius 1 is 1.19 bits per heavy atom. The van der Waals surface area contributed by atoms with Crippen molar-refractivity contribution in [1.82, 2.24) is 19.4 Å². The van der Waals surface area contributed by atoms with Gasteiger partial charge in [0.05, 0.1) is 23.0 Å². The van der Waals surface area contributed by atoms with E-state index in [-0.39, 0.29) is 30.7 Å². The lowest BCUT2D eigenvalue weighted by molar-refractivity contribution is -0.117. The third-order valence-electron chi connectivity index (χ3n) is 7.90. The third-order valence-corrected chi connectivity index (χ3v) is 7.90. The van der Waals surface area contributed by atoms with Crippen LogP contribution in [0, 0.1) is 11.7 Å². The molecule has 3 heterocycles. The highest BCUT2D eigenvalue weighted by molar-refractivity contribution is 5.99. The molecule has 0 bridgehead atoms. The number of piperidine rings is 1. The van der Waals surface area contributed by atoms with E-state index in [2.05, 4.69) is 16.1 Å². The Morgan fingerprint density at radius 3 is 2.58 bits per heavy atom. The molecule has 1 saturated carbocycles. The van der Waals surface area contributed by atoms with E-state index < -0.39 is 11.7 Å². The molecule has 2 aromatic heterocycles. The summed E-state index contributed by atoms with van der Waals surface area (Å²) in [6, 6.07) is 6.31. The molecule has 0 unspecified atom stereocenters. The van der Waals surface area contributed by atoms with E-state index in [4.69, 9.17) is 0 Å². The molecule has 2 fully saturated rings. The molecule has 1 aliphatic heterocycles. The quantitative estimate of drug-likeness (QED) is 0.427. The first-order valence-corrected chi connectivity index (χ1v) is 12.7. The number of halogens is 3. The maximum absolute atomic E-state index is 14.3. The number of alkyl halides is 2. The maximum Gasteiger partial charge on any atom is 0.256 e.